The van der Waals surface area contributed by atoms with E-state index in [2.05, 4.69) is 24.1 Å². The van der Waals surface area contributed by atoms with Crippen LogP contribution in [0.1, 0.15) is 26.3 Å². The molecule has 6 nitrogen and oxygen atoms in total. The van der Waals surface area contributed by atoms with Crippen LogP contribution in [0.25, 0.3) is 0 Å². The Labute approximate surface area is 151 Å². The molecular formula is C19H31N3O3. The summed E-state index contributed by atoms with van der Waals surface area (Å²) in [5, 5.41) is 3.05. The van der Waals surface area contributed by atoms with Crippen LogP contribution >= 0.6 is 0 Å². The number of amides is 2. The highest BCUT2D eigenvalue weighted by Crippen LogP contribution is 2.16. The molecule has 1 aliphatic heterocycles. The van der Waals surface area contributed by atoms with Crippen molar-refractivity contribution in [2.75, 3.05) is 46.5 Å². The smallest absolute Gasteiger partial charge is 0.317 e. The van der Waals surface area contributed by atoms with Crippen molar-refractivity contribution in [1.29, 1.82) is 0 Å². The second-order valence-electron chi connectivity index (χ2n) is 7.00. The number of ether oxygens (including phenoxy) is 2. The van der Waals surface area contributed by atoms with Crippen LogP contribution in [0.4, 0.5) is 4.79 Å². The molecule has 2 amide bonds. The molecule has 1 fully saturated rings. The lowest BCUT2D eigenvalue weighted by Gasteiger charge is -2.41. The predicted octanol–water partition coefficient (Wildman–Crippen LogP) is 2.34. The van der Waals surface area contributed by atoms with E-state index in [4.69, 9.17) is 9.47 Å². The number of rotatable bonds is 7. The molecule has 140 valence electrons. The van der Waals surface area contributed by atoms with Gasteiger partial charge in [0.1, 0.15) is 5.75 Å². The van der Waals surface area contributed by atoms with Crippen LogP contribution in [0.3, 0.4) is 0 Å². The van der Waals surface area contributed by atoms with Gasteiger partial charge in [0.05, 0.1) is 19.8 Å². The van der Waals surface area contributed by atoms with E-state index >= 15 is 0 Å². The minimum absolute atomic E-state index is 0.0600. The van der Waals surface area contributed by atoms with Gasteiger partial charge < -0.3 is 19.7 Å². The van der Waals surface area contributed by atoms with E-state index in [1.165, 1.54) is 0 Å². The Morgan fingerprint density at radius 1 is 1.28 bits per heavy atom. The average molecular weight is 349 g/mol. The Morgan fingerprint density at radius 3 is 2.52 bits per heavy atom. The number of nitrogens with zero attached hydrogens (tertiary/aromatic N) is 2. The molecule has 0 saturated carbocycles. The summed E-state index contributed by atoms with van der Waals surface area (Å²) in [6, 6.07) is 7.80. The van der Waals surface area contributed by atoms with Crippen molar-refractivity contribution >= 4 is 6.03 Å². The topological polar surface area (TPSA) is 54.0 Å². The fraction of sp³-hybridized carbons (Fsp3) is 0.632. The first-order valence-electron chi connectivity index (χ1n) is 8.96. The van der Waals surface area contributed by atoms with Gasteiger partial charge in [0.2, 0.25) is 0 Å². The van der Waals surface area contributed by atoms with Gasteiger partial charge in [0, 0.05) is 38.8 Å². The second kappa shape index (κ2) is 9.06. The highest BCUT2D eigenvalue weighted by Gasteiger charge is 2.28. The van der Waals surface area contributed by atoms with Crippen molar-refractivity contribution in [1.82, 2.24) is 15.1 Å². The van der Waals surface area contributed by atoms with Crippen LogP contribution < -0.4 is 10.1 Å². The molecule has 0 radical (unpaired) electrons. The number of urea groups is 1. The summed E-state index contributed by atoms with van der Waals surface area (Å²) >= 11 is 0. The molecule has 0 aromatic heterocycles. The number of carbonyl (C=O) groups is 1. The van der Waals surface area contributed by atoms with Gasteiger partial charge in [-0.25, -0.2) is 4.79 Å². The zero-order valence-electron chi connectivity index (χ0n) is 15.9. The summed E-state index contributed by atoms with van der Waals surface area (Å²) in [5.41, 5.74) is 0.993. The van der Waals surface area contributed by atoms with Gasteiger partial charge in [-0.3, -0.25) is 4.90 Å². The van der Waals surface area contributed by atoms with Crippen LogP contribution in [0.5, 0.6) is 5.75 Å². The van der Waals surface area contributed by atoms with Crippen molar-refractivity contribution in [3.8, 4) is 5.75 Å². The first kappa shape index (κ1) is 19.5. The van der Waals surface area contributed by atoms with Crippen LogP contribution in [0.2, 0.25) is 0 Å². The van der Waals surface area contributed by atoms with Crippen molar-refractivity contribution in [2.24, 2.45) is 0 Å². The van der Waals surface area contributed by atoms with Crippen LogP contribution in [0, 0.1) is 0 Å². The number of morpholine rings is 1. The SMILES string of the molecule is CCOc1ccc(CN(C)C(=O)NCC(C)(C)N2CCOCC2)cc1. The van der Waals surface area contributed by atoms with E-state index in [0.29, 0.717) is 19.7 Å². The fourth-order valence-corrected chi connectivity index (χ4v) is 2.91. The molecule has 0 atom stereocenters. The van der Waals surface area contributed by atoms with E-state index < -0.39 is 0 Å². The van der Waals surface area contributed by atoms with Gasteiger partial charge in [-0.15, -0.1) is 0 Å². The predicted molar refractivity (Wildman–Crippen MR) is 98.9 cm³/mol. The monoisotopic (exact) mass is 349 g/mol. The lowest BCUT2D eigenvalue weighted by atomic mass is 10.0. The number of hydrogen-bond donors (Lipinski definition) is 1. The summed E-state index contributed by atoms with van der Waals surface area (Å²) in [7, 11) is 1.81. The fourth-order valence-electron chi connectivity index (χ4n) is 2.91. The molecule has 1 heterocycles. The van der Waals surface area contributed by atoms with Crippen LogP contribution in [-0.2, 0) is 11.3 Å². The van der Waals surface area contributed by atoms with E-state index in [1.54, 1.807) is 4.90 Å². The van der Waals surface area contributed by atoms with E-state index in [0.717, 1.165) is 37.6 Å². The van der Waals surface area contributed by atoms with Crippen LogP contribution in [0.15, 0.2) is 24.3 Å². The Hall–Kier alpha value is -1.79. The normalized spacial score (nSPS) is 15.7. The number of benzene rings is 1. The molecule has 2 rings (SSSR count). The number of nitrogens with one attached hydrogen (secondary N) is 1. The van der Waals surface area contributed by atoms with Gasteiger partial charge in [-0.1, -0.05) is 12.1 Å². The third kappa shape index (κ3) is 5.90. The summed E-state index contributed by atoms with van der Waals surface area (Å²) in [5.74, 6) is 0.852. The molecular weight excluding hydrogens is 318 g/mol. The van der Waals surface area contributed by atoms with Gasteiger partial charge in [0.25, 0.3) is 0 Å². The number of hydrogen-bond acceptors (Lipinski definition) is 4. The Kier molecular flexibility index (Phi) is 7.08. The summed E-state index contributed by atoms with van der Waals surface area (Å²) in [4.78, 5) is 16.5. The highest BCUT2D eigenvalue weighted by atomic mass is 16.5. The molecule has 0 unspecified atom stereocenters. The third-order valence-electron chi connectivity index (χ3n) is 4.54. The van der Waals surface area contributed by atoms with Gasteiger partial charge in [-0.05, 0) is 38.5 Å². The van der Waals surface area contributed by atoms with E-state index in [9.17, 15) is 4.79 Å². The minimum atomic E-state index is -0.0839. The zero-order valence-corrected chi connectivity index (χ0v) is 15.9. The average Bonchev–Trinajstić information content (AvgIpc) is 2.62. The van der Waals surface area contributed by atoms with Crippen molar-refractivity contribution in [2.45, 2.75) is 32.9 Å². The lowest BCUT2D eigenvalue weighted by molar-refractivity contribution is -0.00900. The lowest BCUT2D eigenvalue weighted by Crippen LogP contribution is -2.56. The summed E-state index contributed by atoms with van der Waals surface area (Å²) in [6.07, 6.45) is 0. The molecule has 6 heteroatoms. The summed E-state index contributed by atoms with van der Waals surface area (Å²) in [6.45, 7) is 11.4. The highest BCUT2D eigenvalue weighted by molar-refractivity contribution is 5.73. The van der Waals surface area contributed by atoms with Gasteiger partial charge in [-0.2, -0.15) is 0 Å². The molecule has 0 spiro atoms. The first-order chi connectivity index (χ1) is 11.9. The van der Waals surface area contributed by atoms with Crippen molar-refractivity contribution in [3.63, 3.8) is 0 Å². The molecule has 0 bridgehead atoms. The van der Waals surface area contributed by atoms with Gasteiger partial charge in [0.15, 0.2) is 0 Å². The molecule has 25 heavy (non-hydrogen) atoms. The van der Waals surface area contributed by atoms with E-state index in [-0.39, 0.29) is 11.6 Å². The molecule has 1 aromatic rings. The Balaban J connectivity index is 1.81. The Bertz CT molecular complexity index is 539. The maximum atomic E-state index is 12.4. The number of carbonyl (C=O) groups excluding carboxylic acids is 1. The largest absolute Gasteiger partial charge is 0.494 e. The van der Waals surface area contributed by atoms with Crippen molar-refractivity contribution in [3.05, 3.63) is 29.8 Å². The molecule has 0 aliphatic carbocycles. The van der Waals surface area contributed by atoms with E-state index in [1.807, 2.05) is 38.2 Å². The standard InChI is InChI=1S/C19H31N3O3/c1-5-25-17-8-6-16(7-9-17)14-21(4)18(23)20-15-19(2,3)22-10-12-24-13-11-22/h6-9H,5,10-15H2,1-4H3,(H,20,23). The molecule has 1 aliphatic rings. The maximum Gasteiger partial charge on any atom is 0.317 e. The molecule has 1 N–H and O–H groups in total. The Morgan fingerprint density at radius 2 is 1.92 bits per heavy atom. The molecule has 1 saturated heterocycles. The zero-order chi connectivity index (χ0) is 18.3. The quantitative estimate of drug-likeness (QED) is 0.821. The molecule has 1 aromatic carbocycles. The first-order valence-corrected chi connectivity index (χ1v) is 8.96. The maximum absolute atomic E-state index is 12.4. The summed E-state index contributed by atoms with van der Waals surface area (Å²) < 4.78 is 10.8. The second-order valence-corrected chi connectivity index (χ2v) is 7.00. The third-order valence-corrected chi connectivity index (χ3v) is 4.54. The van der Waals surface area contributed by atoms with Gasteiger partial charge >= 0.3 is 6.03 Å². The van der Waals surface area contributed by atoms with Crippen LogP contribution in [-0.4, -0.2) is 67.9 Å². The minimum Gasteiger partial charge on any atom is -0.494 e. The van der Waals surface area contributed by atoms with Crippen molar-refractivity contribution < 1.29 is 14.3 Å².